The monoisotopic (exact) mass is 189 g/mol. The van der Waals surface area contributed by atoms with E-state index in [-0.39, 0.29) is 12.0 Å². The Balaban J connectivity index is 2.98. The van der Waals surface area contributed by atoms with E-state index in [4.69, 9.17) is 5.73 Å². The number of alkyl halides is 1. The number of nitrogens with two attached hydrogens (primary N) is 1. The van der Waals surface area contributed by atoms with Crippen LogP contribution in [0.3, 0.4) is 0 Å². The highest BCUT2D eigenvalue weighted by molar-refractivity contribution is 5.22. The molecule has 1 atom stereocenters. The molecule has 0 bridgehead atoms. The second-order valence-electron chi connectivity index (χ2n) is 2.72. The Kier molecular flexibility index (Phi) is 3.31. The van der Waals surface area contributed by atoms with Gasteiger partial charge in [-0.15, -0.1) is 0 Å². The van der Waals surface area contributed by atoms with Gasteiger partial charge in [0.2, 0.25) is 0 Å². The Labute approximate surface area is 74.4 Å². The van der Waals surface area contributed by atoms with E-state index in [1.807, 2.05) is 0 Å². The standard InChI is InChI=1S/C9H10F3N/c10-5-4-8(13)9-6(11)2-1-3-7(9)12/h1-3,8H,4-5,13H2/t8-/m0/s1. The first-order valence-corrected chi connectivity index (χ1v) is 3.92. The third-order valence-corrected chi connectivity index (χ3v) is 1.79. The van der Waals surface area contributed by atoms with Crippen molar-refractivity contribution >= 4 is 0 Å². The van der Waals surface area contributed by atoms with Crippen LogP contribution in [0.1, 0.15) is 18.0 Å². The van der Waals surface area contributed by atoms with E-state index in [0.29, 0.717) is 0 Å². The molecular weight excluding hydrogens is 179 g/mol. The maximum atomic E-state index is 13.0. The van der Waals surface area contributed by atoms with Crippen molar-refractivity contribution in [2.75, 3.05) is 6.67 Å². The summed E-state index contributed by atoms with van der Waals surface area (Å²) in [6, 6.07) is 2.55. The van der Waals surface area contributed by atoms with Gasteiger partial charge in [0.15, 0.2) is 0 Å². The molecule has 0 heterocycles. The van der Waals surface area contributed by atoms with Gasteiger partial charge in [-0.3, -0.25) is 4.39 Å². The predicted molar refractivity (Wildman–Crippen MR) is 43.9 cm³/mol. The highest BCUT2D eigenvalue weighted by atomic mass is 19.1. The molecule has 0 saturated heterocycles. The van der Waals surface area contributed by atoms with Crippen LogP contribution in [0, 0.1) is 11.6 Å². The van der Waals surface area contributed by atoms with E-state index in [2.05, 4.69) is 0 Å². The fraction of sp³-hybridized carbons (Fsp3) is 0.333. The fourth-order valence-electron chi connectivity index (χ4n) is 1.13. The molecule has 1 aromatic carbocycles. The van der Waals surface area contributed by atoms with Crippen LogP contribution < -0.4 is 5.73 Å². The van der Waals surface area contributed by atoms with Gasteiger partial charge in [-0.2, -0.15) is 0 Å². The van der Waals surface area contributed by atoms with Crippen molar-refractivity contribution in [1.82, 2.24) is 0 Å². The Morgan fingerprint density at radius 1 is 1.23 bits per heavy atom. The van der Waals surface area contributed by atoms with E-state index in [1.54, 1.807) is 0 Å². The number of hydrogen-bond donors (Lipinski definition) is 1. The molecule has 0 aromatic heterocycles. The maximum absolute atomic E-state index is 13.0. The summed E-state index contributed by atoms with van der Waals surface area (Å²) in [4.78, 5) is 0. The van der Waals surface area contributed by atoms with Gasteiger partial charge in [0.1, 0.15) is 11.6 Å². The van der Waals surface area contributed by atoms with Crippen molar-refractivity contribution in [3.8, 4) is 0 Å². The lowest BCUT2D eigenvalue weighted by molar-refractivity contribution is 0.425. The van der Waals surface area contributed by atoms with Crippen molar-refractivity contribution in [3.05, 3.63) is 35.4 Å². The lowest BCUT2D eigenvalue weighted by Gasteiger charge is -2.11. The first-order chi connectivity index (χ1) is 6.16. The smallest absolute Gasteiger partial charge is 0.130 e. The summed E-state index contributed by atoms with van der Waals surface area (Å²) in [7, 11) is 0. The van der Waals surface area contributed by atoms with Crippen LogP contribution in [0.15, 0.2) is 18.2 Å². The lowest BCUT2D eigenvalue weighted by Crippen LogP contribution is -2.14. The summed E-state index contributed by atoms with van der Waals surface area (Å²) < 4.78 is 37.8. The number of halogens is 3. The molecule has 0 unspecified atom stereocenters. The molecule has 4 heteroatoms. The lowest BCUT2D eigenvalue weighted by atomic mass is 10.0. The minimum atomic E-state index is -0.911. The fourth-order valence-corrected chi connectivity index (χ4v) is 1.13. The SMILES string of the molecule is N[C@@H](CCF)c1c(F)cccc1F. The molecule has 2 N–H and O–H groups in total. The quantitative estimate of drug-likeness (QED) is 0.775. The molecule has 72 valence electrons. The van der Waals surface area contributed by atoms with Crippen LogP contribution in [0.2, 0.25) is 0 Å². The van der Waals surface area contributed by atoms with Crippen LogP contribution in [0.25, 0.3) is 0 Å². The summed E-state index contributed by atoms with van der Waals surface area (Å²) in [6.07, 6.45) is -0.0716. The Morgan fingerprint density at radius 3 is 2.23 bits per heavy atom. The third kappa shape index (κ3) is 2.21. The molecule has 0 radical (unpaired) electrons. The van der Waals surface area contributed by atoms with Crippen LogP contribution in [-0.4, -0.2) is 6.67 Å². The first kappa shape index (κ1) is 10.1. The normalized spacial score (nSPS) is 12.9. The molecule has 13 heavy (non-hydrogen) atoms. The minimum Gasteiger partial charge on any atom is -0.324 e. The van der Waals surface area contributed by atoms with E-state index in [1.165, 1.54) is 6.07 Å². The van der Waals surface area contributed by atoms with Gasteiger partial charge < -0.3 is 5.73 Å². The molecular formula is C9H10F3N. The highest BCUT2D eigenvalue weighted by Crippen LogP contribution is 2.20. The molecule has 0 aliphatic heterocycles. The molecule has 0 saturated carbocycles. The molecule has 0 aliphatic rings. The molecule has 1 rings (SSSR count). The van der Waals surface area contributed by atoms with Gasteiger partial charge in [-0.25, -0.2) is 8.78 Å². The minimum absolute atomic E-state index is 0.0716. The molecule has 0 aliphatic carbocycles. The van der Waals surface area contributed by atoms with Crippen LogP contribution >= 0.6 is 0 Å². The van der Waals surface area contributed by atoms with Crippen molar-refractivity contribution in [1.29, 1.82) is 0 Å². The predicted octanol–water partition coefficient (Wildman–Crippen LogP) is 2.32. The van der Waals surface area contributed by atoms with Crippen molar-refractivity contribution < 1.29 is 13.2 Å². The number of hydrogen-bond acceptors (Lipinski definition) is 1. The van der Waals surface area contributed by atoms with Gasteiger partial charge in [0.25, 0.3) is 0 Å². The van der Waals surface area contributed by atoms with Gasteiger partial charge in [-0.05, 0) is 18.6 Å². The van der Waals surface area contributed by atoms with Crippen molar-refractivity contribution in [2.24, 2.45) is 5.73 Å². The van der Waals surface area contributed by atoms with Crippen LogP contribution in [-0.2, 0) is 0 Å². The third-order valence-electron chi connectivity index (χ3n) is 1.79. The zero-order valence-corrected chi connectivity index (χ0v) is 6.93. The van der Waals surface area contributed by atoms with E-state index in [0.717, 1.165) is 12.1 Å². The Bertz CT molecular complexity index is 268. The average Bonchev–Trinajstić information content (AvgIpc) is 2.04. The highest BCUT2D eigenvalue weighted by Gasteiger charge is 2.15. The second kappa shape index (κ2) is 4.28. The van der Waals surface area contributed by atoms with E-state index < -0.39 is 24.4 Å². The molecule has 0 fully saturated rings. The zero-order valence-electron chi connectivity index (χ0n) is 6.93. The van der Waals surface area contributed by atoms with E-state index in [9.17, 15) is 13.2 Å². The number of rotatable bonds is 3. The zero-order chi connectivity index (χ0) is 9.84. The largest absolute Gasteiger partial charge is 0.324 e. The Morgan fingerprint density at radius 2 is 1.77 bits per heavy atom. The summed E-state index contributed by atoms with van der Waals surface area (Å²) in [5.41, 5.74) is 5.15. The Hall–Kier alpha value is -1.03. The number of benzene rings is 1. The maximum Gasteiger partial charge on any atom is 0.130 e. The van der Waals surface area contributed by atoms with Crippen LogP contribution in [0.4, 0.5) is 13.2 Å². The average molecular weight is 189 g/mol. The molecule has 0 spiro atoms. The molecule has 1 nitrogen and oxygen atoms in total. The summed E-state index contributed by atoms with van der Waals surface area (Å²) in [5, 5.41) is 0. The molecule has 1 aromatic rings. The van der Waals surface area contributed by atoms with Gasteiger partial charge in [0.05, 0.1) is 6.67 Å². The van der Waals surface area contributed by atoms with Gasteiger partial charge >= 0.3 is 0 Å². The topological polar surface area (TPSA) is 26.0 Å². The van der Waals surface area contributed by atoms with Crippen molar-refractivity contribution in [2.45, 2.75) is 12.5 Å². The second-order valence-corrected chi connectivity index (χ2v) is 2.72. The summed E-state index contributed by atoms with van der Waals surface area (Å²) >= 11 is 0. The first-order valence-electron chi connectivity index (χ1n) is 3.92. The van der Waals surface area contributed by atoms with Crippen LogP contribution in [0.5, 0.6) is 0 Å². The molecule has 0 amide bonds. The van der Waals surface area contributed by atoms with Gasteiger partial charge in [0, 0.05) is 11.6 Å². The summed E-state index contributed by atoms with van der Waals surface area (Å²) in [5.74, 6) is -1.44. The van der Waals surface area contributed by atoms with Crippen molar-refractivity contribution in [3.63, 3.8) is 0 Å². The van der Waals surface area contributed by atoms with Gasteiger partial charge in [-0.1, -0.05) is 6.07 Å². The summed E-state index contributed by atoms with van der Waals surface area (Å²) in [6.45, 7) is -0.686. The van der Waals surface area contributed by atoms with E-state index >= 15 is 0 Å².